The van der Waals surface area contributed by atoms with Gasteiger partial charge in [0.05, 0.1) is 19.8 Å². The fourth-order valence-electron chi connectivity index (χ4n) is 5.77. The molecule has 0 aliphatic carbocycles. The summed E-state index contributed by atoms with van der Waals surface area (Å²) in [7, 11) is -4.62. The number of hydrogen-bond donors (Lipinski definition) is 3. The molecular weight excluding hydrogens is 695 g/mol. The van der Waals surface area contributed by atoms with Crippen molar-refractivity contribution in [2.45, 2.75) is 206 Å². The summed E-state index contributed by atoms with van der Waals surface area (Å²) in [6.07, 6.45) is 37.3. The monoisotopic (exact) mass is 775 g/mol. The Bertz CT molecular complexity index is 941. The van der Waals surface area contributed by atoms with Crippen molar-refractivity contribution in [1.82, 2.24) is 0 Å². The highest BCUT2D eigenvalue weighted by Crippen LogP contribution is 2.43. The van der Waals surface area contributed by atoms with Crippen LogP contribution in [0.15, 0.2) is 24.3 Å². The highest BCUT2D eigenvalue weighted by atomic mass is 31.2. The number of allylic oxidation sites excluding steroid dienone is 4. The van der Waals surface area contributed by atoms with Crippen LogP contribution in [0.25, 0.3) is 0 Å². The Hall–Kier alpha value is -1.55. The lowest BCUT2D eigenvalue weighted by atomic mass is 10.1. The van der Waals surface area contributed by atoms with Gasteiger partial charge in [0, 0.05) is 12.8 Å². The normalized spacial score (nSPS) is 14.1. The zero-order valence-electron chi connectivity index (χ0n) is 33.7. The SMILES string of the molecule is CCCCCCCC/C=C/CCCCCCCC(=O)OC[C@H](COP(=O)(O)OC[C@@H](O)CO)OC(=O)CC/C=C/CCCCCCCCCCCCC. The van der Waals surface area contributed by atoms with Gasteiger partial charge >= 0.3 is 19.8 Å². The van der Waals surface area contributed by atoms with Gasteiger partial charge in [-0.3, -0.25) is 18.6 Å². The first-order valence-corrected chi connectivity index (χ1v) is 22.8. The number of unbranched alkanes of at least 4 members (excludes halogenated alkanes) is 22. The van der Waals surface area contributed by atoms with E-state index < -0.39 is 51.8 Å². The van der Waals surface area contributed by atoms with Crippen molar-refractivity contribution in [2.24, 2.45) is 0 Å². The van der Waals surface area contributed by atoms with Gasteiger partial charge in [-0.05, 0) is 51.4 Å². The van der Waals surface area contributed by atoms with E-state index in [1.165, 1.54) is 109 Å². The van der Waals surface area contributed by atoms with Crippen LogP contribution >= 0.6 is 7.82 Å². The number of carbonyl (C=O) groups excluding carboxylic acids is 2. The maximum Gasteiger partial charge on any atom is 0.472 e. The van der Waals surface area contributed by atoms with Crippen LogP contribution in [0, 0.1) is 0 Å². The molecule has 0 aromatic heterocycles. The number of rotatable bonds is 40. The third kappa shape index (κ3) is 38.5. The Labute approximate surface area is 323 Å². The van der Waals surface area contributed by atoms with E-state index in [1.54, 1.807) is 0 Å². The molecule has 3 N–H and O–H groups in total. The van der Waals surface area contributed by atoms with Crippen LogP contribution in [0.1, 0.15) is 194 Å². The summed E-state index contributed by atoms with van der Waals surface area (Å²) in [6, 6.07) is 0. The van der Waals surface area contributed by atoms with Gasteiger partial charge in [0.25, 0.3) is 0 Å². The number of aliphatic hydroxyl groups excluding tert-OH is 2. The van der Waals surface area contributed by atoms with Gasteiger partial charge in [-0.1, -0.05) is 154 Å². The Morgan fingerprint density at radius 1 is 0.547 bits per heavy atom. The first-order valence-electron chi connectivity index (χ1n) is 21.3. The molecule has 0 saturated carbocycles. The second-order valence-corrected chi connectivity index (χ2v) is 15.8. The summed E-state index contributed by atoms with van der Waals surface area (Å²) in [5.74, 6) is -0.987. The maximum atomic E-state index is 12.6. The van der Waals surface area contributed by atoms with Crippen molar-refractivity contribution >= 4 is 19.8 Å². The average Bonchev–Trinajstić information content (AvgIpc) is 3.14. The molecule has 0 heterocycles. The lowest BCUT2D eigenvalue weighted by Gasteiger charge is -2.20. The van der Waals surface area contributed by atoms with Crippen LogP contribution < -0.4 is 0 Å². The number of esters is 2. The minimum atomic E-state index is -4.62. The zero-order chi connectivity index (χ0) is 39.1. The summed E-state index contributed by atoms with van der Waals surface area (Å²) in [5.41, 5.74) is 0. The minimum absolute atomic E-state index is 0.101. The molecule has 312 valence electrons. The topological polar surface area (TPSA) is 149 Å². The van der Waals surface area contributed by atoms with Gasteiger partial charge in [-0.25, -0.2) is 4.57 Å². The van der Waals surface area contributed by atoms with Gasteiger partial charge in [0.15, 0.2) is 6.10 Å². The van der Waals surface area contributed by atoms with Gasteiger partial charge < -0.3 is 24.6 Å². The minimum Gasteiger partial charge on any atom is -0.462 e. The van der Waals surface area contributed by atoms with Crippen molar-refractivity contribution < 1.29 is 47.8 Å². The number of phosphoric ester groups is 1. The number of ether oxygens (including phenoxy) is 2. The summed E-state index contributed by atoms with van der Waals surface area (Å²) >= 11 is 0. The van der Waals surface area contributed by atoms with Crippen LogP contribution in [-0.4, -0.2) is 65.7 Å². The van der Waals surface area contributed by atoms with E-state index in [2.05, 4.69) is 36.6 Å². The van der Waals surface area contributed by atoms with Gasteiger partial charge in [0.1, 0.15) is 12.7 Å². The molecule has 10 nitrogen and oxygen atoms in total. The first-order chi connectivity index (χ1) is 25.7. The standard InChI is InChI=1S/C42H79O10P/c1-3-5-7-9-11-13-15-17-19-21-23-25-27-29-31-33-41(45)49-37-40(38-51-53(47,48)50-36-39(44)35-43)52-42(46)34-32-30-28-26-24-22-20-18-16-14-12-10-8-6-4-2/h17,19,28,30,39-40,43-44H,3-16,18,20-27,29,31-38H2,1-2H3,(H,47,48)/b19-17+,30-28+/t39-,40+/m0/s1. The van der Waals surface area contributed by atoms with Crippen LogP contribution in [-0.2, 0) is 32.7 Å². The molecule has 0 fully saturated rings. The molecule has 0 aliphatic heterocycles. The van der Waals surface area contributed by atoms with E-state index in [0.717, 1.165) is 44.9 Å². The predicted molar refractivity (Wildman–Crippen MR) is 215 cm³/mol. The molecule has 11 heteroatoms. The summed E-state index contributed by atoms with van der Waals surface area (Å²) in [5, 5.41) is 18.3. The smallest absolute Gasteiger partial charge is 0.462 e. The second kappa shape index (κ2) is 38.7. The third-order valence-corrected chi connectivity index (χ3v) is 10.0. The number of phosphoric acid groups is 1. The zero-order valence-corrected chi connectivity index (χ0v) is 34.6. The van der Waals surface area contributed by atoms with E-state index in [-0.39, 0.29) is 19.4 Å². The Balaban J connectivity index is 4.35. The lowest BCUT2D eigenvalue weighted by molar-refractivity contribution is -0.161. The first kappa shape index (κ1) is 51.5. The fraction of sp³-hybridized carbons (Fsp3) is 0.857. The van der Waals surface area contributed by atoms with E-state index in [9.17, 15) is 24.2 Å². The summed E-state index contributed by atoms with van der Waals surface area (Å²) in [4.78, 5) is 34.9. The van der Waals surface area contributed by atoms with Gasteiger partial charge in [0.2, 0.25) is 0 Å². The van der Waals surface area contributed by atoms with E-state index >= 15 is 0 Å². The average molecular weight is 775 g/mol. The van der Waals surface area contributed by atoms with Gasteiger partial charge in [-0.15, -0.1) is 0 Å². The van der Waals surface area contributed by atoms with E-state index in [4.69, 9.17) is 19.1 Å². The van der Waals surface area contributed by atoms with E-state index in [0.29, 0.717) is 12.8 Å². The molecule has 0 bridgehead atoms. The third-order valence-electron chi connectivity index (χ3n) is 9.09. The van der Waals surface area contributed by atoms with Crippen LogP contribution in [0.5, 0.6) is 0 Å². The van der Waals surface area contributed by atoms with Crippen molar-refractivity contribution in [3.8, 4) is 0 Å². The molecular formula is C42H79O10P. The van der Waals surface area contributed by atoms with Gasteiger partial charge in [-0.2, -0.15) is 0 Å². The molecule has 0 aliphatic rings. The lowest BCUT2D eigenvalue weighted by Crippen LogP contribution is -2.29. The van der Waals surface area contributed by atoms with E-state index in [1.807, 2.05) is 6.08 Å². The van der Waals surface area contributed by atoms with Crippen molar-refractivity contribution in [3.05, 3.63) is 24.3 Å². The number of aliphatic hydroxyl groups is 2. The molecule has 1 unspecified atom stereocenters. The molecule has 0 aromatic rings. The van der Waals surface area contributed by atoms with Crippen LogP contribution in [0.2, 0.25) is 0 Å². The molecule has 0 radical (unpaired) electrons. The van der Waals surface area contributed by atoms with Crippen LogP contribution in [0.4, 0.5) is 0 Å². The molecule has 0 rings (SSSR count). The summed E-state index contributed by atoms with van der Waals surface area (Å²) < 4.78 is 32.6. The quantitative estimate of drug-likeness (QED) is 0.0238. The fourth-order valence-corrected chi connectivity index (χ4v) is 6.56. The molecule has 0 aromatic carbocycles. The maximum absolute atomic E-state index is 12.6. The highest BCUT2D eigenvalue weighted by Gasteiger charge is 2.27. The van der Waals surface area contributed by atoms with Crippen molar-refractivity contribution in [1.29, 1.82) is 0 Å². The Morgan fingerprint density at radius 2 is 0.962 bits per heavy atom. The second-order valence-electron chi connectivity index (χ2n) is 14.4. The molecule has 0 spiro atoms. The molecule has 53 heavy (non-hydrogen) atoms. The Morgan fingerprint density at radius 3 is 1.43 bits per heavy atom. The van der Waals surface area contributed by atoms with Crippen molar-refractivity contribution in [2.75, 3.05) is 26.4 Å². The molecule has 0 amide bonds. The predicted octanol–water partition coefficient (Wildman–Crippen LogP) is 11.0. The molecule has 0 saturated heterocycles. The number of hydrogen-bond acceptors (Lipinski definition) is 9. The van der Waals surface area contributed by atoms with Crippen LogP contribution in [0.3, 0.4) is 0 Å². The molecule has 3 atom stereocenters. The largest absolute Gasteiger partial charge is 0.472 e. The number of carbonyl (C=O) groups is 2. The Kier molecular flexibility index (Phi) is 37.6. The van der Waals surface area contributed by atoms with Crippen molar-refractivity contribution in [3.63, 3.8) is 0 Å². The highest BCUT2D eigenvalue weighted by molar-refractivity contribution is 7.47. The summed E-state index contributed by atoms with van der Waals surface area (Å²) in [6.45, 7) is 2.33.